The number of piperazine rings is 1. The highest BCUT2D eigenvalue weighted by Crippen LogP contribution is 2.10. The second-order valence-corrected chi connectivity index (χ2v) is 6.44. The van der Waals surface area contributed by atoms with E-state index in [1.807, 2.05) is 4.90 Å². The van der Waals surface area contributed by atoms with Gasteiger partial charge in [0.2, 0.25) is 11.8 Å². The molecule has 0 aliphatic carbocycles. The summed E-state index contributed by atoms with van der Waals surface area (Å²) in [4.78, 5) is 28.2. The maximum atomic E-state index is 12.4. The zero-order valence-electron chi connectivity index (χ0n) is 15.0. The third-order valence-electron chi connectivity index (χ3n) is 4.73. The summed E-state index contributed by atoms with van der Waals surface area (Å²) in [7, 11) is 0. The molecule has 0 spiro atoms. The minimum Gasteiger partial charge on any atom is -0.339 e. The Morgan fingerprint density at radius 2 is 1.58 bits per heavy atom. The van der Waals surface area contributed by atoms with Crippen LogP contribution < -0.4 is 0 Å². The molecule has 26 heavy (non-hydrogen) atoms. The van der Waals surface area contributed by atoms with Gasteiger partial charge in [0.05, 0.1) is 0 Å². The summed E-state index contributed by atoms with van der Waals surface area (Å²) in [5, 5.41) is 10.7. The van der Waals surface area contributed by atoms with Crippen molar-refractivity contribution in [2.45, 2.75) is 32.7 Å². The molecule has 2 aromatic rings. The van der Waals surface area contributed by atoms with E-state index >= 15 is 0 Å². The lowest BCUT2D eigenvalue weighted by molar-refractivity contribution is -0.140. The van der Waals surface area contributed by atoms with E-state index in [9.17, 15) is 9.59 Å². The molecular weight excluding hydrogens is 332 g/mol. The number of carbonyl (C=O) groups is 2. The van der Waals surface area contributed by atoms with Crippen LogP contribution in [0.25, 0.3) is 0 Å². The van der Waals surface area contributed by atoms with Crippen LogP contribution in [0.5, 0.6) is 0 Å². The zero-order valence-corrected chi connectivity index (χ0v) is 15.0. The van der Waals surface area contributed by atoms with Gasteiger partial charge in [0.1, 0.15) is 12.9 Å². The number of hydrogen-bond donors (Lipinski definition) is 0. The molecule has 0 saturated carbocycles. The van der Waals surface area contributed by atoms with E-state index in [1.165, 1.54) is 22.1 Å². The Bertz CT molecular complexity index is 721. The van der Waals surface area contributed by atoms with E-state index in [0.717, 1.165) is 12.8 Å². The number of carbonyl (C=O) groups excluding carboxylic acids is 2. The molecule has 1 aromatic heterocycles. The lowest BCUT2D eigenvalue weighted by Crippen LogP contribution is -2.51. The molecule has 0 bridgehead atoms. The summed E-state index contributed by atoms with van der Waals surface area (Å²) < 4.78 is 1.41. The van der Waals surface area contributed by atoms with Crippen molar-refractivity contribution >= 4 is 11.8 Å². The first-order chi connectivity index (χ1) is 12.7. The van der Waals surface area contributed by atoms with Crippen molar-refractivity contribution in [1.82, 2.24) is 30.0 Å². The molecule has 1 fully saturated rings. The number of benzene rings is 1. The van der Waals surface area contributed by atoms with E-state index in [4.69, 9.17) is 0 Å². The Labute approximate surface area is 152 Å². The van der Waals surface area contributed by atoms with Crippen LogP contribution in [0.4, 0.5) is 0 Å². The Morgan fingerprint density at radius 3 is 2.15 bits per heavy atom. The number of aryl methyl sites for hydroxylation is 2. The third-order valence-corrected chi connectivity index (χ3v) is 4.73. The monoisotopic (exact) mass is 356 g/mol. The number of aromatic nitrogens is 4. The van der Waals surface area contributed by atoms with E-state index < -0.39 is 0 Å². The van der Waals surface area contributed by atoms with E-state index in [0.29, 0.717) is 32.6 Å². The Kier molecular flexibility index (Phi) is 5.93. The maximum absolute atomic E-state index is 12.4. The molecule has 2 amide bonds. The molecule has 8 heteroatoms. The predicted molar refractivity (Wildman–Crippen MR) is 95.1 cm³/mol. The van der Waals surface area contributed by atoms with Gasteiger partial charge < -0.3 is 9.80 Å². The summed E-state index contributed by atoms with van der Waals surface area (Å²) in [6, 6.07) is 8.44. The van der Waals surface area contributed by atoms with Crippen molar-refractivity contribution < 1.29 is 9.59 Å². The number of hydrogen-bond acceptors (Lipinski definition) is 5. The lowest BCUT2D eigenvalue weighted by Gasteiger charge is -2.34. The van der Waals surface area contributed by atoms with Crippen molar-refractivity contribution in [3.63, 3.8) is 0 Å². The SMILES string of the molecule is CCc1ccc(CCC(=O)N2CCN(C(=O)Cn3cnnn3)CC2)cc1. The van der Waals surface area contributed by atoms with Gasteiger partial charge in [-0.1, -0.05) is 31.2 Å². The summed E-state index contributed by atoms with van der Waals surface area (Å²) in [5.41, 5.74) is 2.49. The Hall–Kier alpha value is -2.77. The van der Waals surface area contributed by atoms with Crippen molar-refractivity contribution in [3.8, 4) is 0 Å². The van der Waals surface area contributed by atoms with E-state index in [1.54, 1.807) is 4.90 Å². The molecule has 0 N–H and O–H groups in total. The normalized spacial score (nSPS) is 14.5. The summed E-state index contributed by atoms with van der Waals surface area (Å²) in [6.07, 6.45) is 3.70. The summed E-state index contributed by atoms with van der Waals surface area (Å²) >= 11 is 0. The second kappa shape index (κ2) is 8.55. The fourth-order valence-electron chi connectivity index (χ4n) is 3.05. The Morgan fingerprint density at radius 1 is 0.962 bits per heavy atom. The van der Waals surface area contributed by atoms with Gasteiger partial charge in [-0.15, -0.1) is 5.10 Å². The minimum absolute atomic E-state index is 0.0274. The largest absolute Gasteiger partial charge is 0.339 e. The third kappa shape index (κ3) is 4.65. The minimum atomic E-state index is -0.0274. The molecule has 0 unspecified atom stereocenters. The average Bonchev–Trinajstić information content (AvgIpc) is 3.19. The Balaban J connectivity index is 1.42. The quantitative estimate of drug-likeness (QED) is 0.754. The van der Waals surface area contributed by atoms with Crippen LogP contribution in [-0.2, 0) is 29.0 Å². The van der Waals surface area contributed by atoms with Crippen LogP contribution in [0.2, 0.25) is 0 Å². The first-order valence-corrected chi connectivity index (χ1v) is 9.00. The van der Waals surface area contributed by atoms with Crippen LogP contribution in [0.3, 0.4) is 0 Å². The van der Waals surface area contributed by atoms with Crippen LogP contribution >= 0.6 is 0 Å². The molecule has 138 valence electrons. The molecule has 1 aliphatic rings. The van der Waals surface area contributed by atoms with Gasteiger partial charge in [-0.3, -0.25) is 9.59 Å². The zero-order chi connectivity index (χ0) is 18.4. The van der Waals surface area contributed by atoms with Gasteiger partial charge in [-0.05, 0) is 34.4 Å². The predicted octanol–water partition coefficient (Wildman–Crippen LogP) is 0.539. The van der Waals surface area contributed by atoms with E-state index in [-0.39, 0.29) is 18.4 Å². The molecule has 2 heterocycles. The highest BCUT2D eigenvalue weighted by Gasteiger charge is 2.24. The van der Waals surface area contributed by atoms with Crippen LogP contribution in [0, 0.1) is 0 Å². The average molecular weight is 356 g/mol. The molecule has 0 atom stereocenters. The summed E-state index contributed by atoms with van der Waals surface area (Å²) in [5.74, 6) is 0.123. The topological polar surface area (TPSA) is 84.2 Å². The van der Waals surface area contributed by atoms with Crippen LogP contribution in [-0.4, -0.2) is 68.0 Å². The first kappa shape index (κ1) is 18.0. The lowest BCUT2D eigenvalue weighted by atomic mass is 10.1. The van der Waals surface area contributed by atoms with E-state index in [2.05, 4.69) is 46.7 Å². The van der Waals surface area contributed by atoms with Gasteiger partial charge in [0, 0.05) is 32.6 Å². The molecule has 0 radical (unpaired) electrons. The van der Waals surface area contributed by atoms with Crippen molar-refractivity contribution in [3.05, 3.63) is 41.7 Å². The van der Waals surface area contributed by atoms with Gasteiger partial charge in [-0.25, -0.2) is 4.68 Å². The number of rotatable bonds is 6. The summed E-state index contributed by atoms with van der Waals surface area (Å²) in [6.45, 7) is 4.53. The maximum Gasteiger partial charge on any atom is 0.244 e. The standard InChI is InChI=1S/C18H24N6O2/c1-2-15-3-5-16(6-4-15)7-8-17(25)22-9-11-23(12-10-22)18(26)13-24-14-19-20-21-24/h3-6,14H,2,7-13H2,1H3. The van der Waals surface area contributed by atoms with Crippen LogP contribution in [0.15, 0.2) is 30.6 Å². The van der Waals surface area contributed by atoms with Crippen molar-refractivity contribution in [2.24, 2.45) is 0 Å². The molecule has 1 saturated heterocycles. The van der Waals surface area contributed by atoms with Crippen molar-refractivity contribution in [2.75, 3.05) is 26.2 Å². The van der Waals surface area contributed by atoms with Gasteiger partial charge in [-0.2, -0.15) is 0 Å². The number of tetrazole rings is 1. The van der Waals surface area contributed by atoms with Gasteiger partial charge in [0.25, 0.3) is 0 Å². The fourth-order valence-corrected chi connectivity index (χ4v) is 3.05. The molecular formula is C18H24N6O2. The first-order valence-electron chi connectivity index (χ1n) is 9.00. The second-order valence-electron chi connectivity index (χ2n) is 6.44. The number of amides is 2. The molecule has 1 aromatic carbocycles. The molecule has 8 nitrogen and oxygen atoms in total. The van der Waals surface area contributed by atoms with Crippen LogP contribution in [0.1, 0.15) is 24.5 Å². The van der Waals surface area contributed by atoms with Crippen molar-refractivity contribution in [1.29, 1.82) is 0 Å². The number of nitrogens with zero attached hydrogens (tertiary/aromatic N) is 6. The molecule has 1 aliphatic heterocycles. The highest BCUT2D eigenvalue weighted by atomic mass is 16.2. The fraction of sp³-hybridized carbons (Fsp3) is 0.500. The molecule has 3 rings (SSSR count). The highest BCUT2D eigenvalue weighted by molar-refractivity contribution is 5.78. The van der Waals surface area contributed by atoms with Gasteiger partial charge >= 0.3 is 0 Å². The smallest absolute Gasteiger partial charge is 0.244 e. The van der Waals surface area contributed by atoms with Gasteiger partial charge in [0.15, 0.2) is 0 Å².